The Balaban J connectivity index is 1.33. The van der Waals surface area contributed by atoms with E-state index in [1.165, 1.54) is 38.5 Å². The molecule has 0 amide bonds. The summed E-state index contributed by atoms with van der Waals surface area (Å²) in [7, 11) is 0. The van der Waals surface area contributed by atoms with Gasteiger partial charge in [0.2, 0.25) is 0 Å². The van der Waals surface area contributed by atoms with Crippen LogP contribution in [-0.2, 0) is 11.3 Å². The molecule has 1 aromatic carbocycles. The summed E-state index contributed by atoms with van der Waals surface area (Å²) in [6, 6.07) is 5.58. The molecule has 0 aliphatic heterocycles. The zero-order valence-electron chi connectivity index (χ0n) is 16.8. The van der Waals surface area contributed by atoms with E-state index in [2.05, 4.69) is 12.1 Å². The molecule has 0 saturated heterocycles. The Morgan fingerprint density at radius 3 is 2.72 bits per heavy atom. The van der Waals surface area contributed by atoms with E-state index in [0.717, 1.165) is 47.3 Å². The molecule has 0 radical (unpaired) electrons. The first-order chi connectivity index (χ1) is 14.0. The molecule has 5 heteroatoms. The minimum Gasteiger partial charge on any atom is -0.370 e. The van der Waals surface area contributed by atoms with Crippen LogP contribution in [0, 0.1) is 17.3 Å². The highest BCUT2D eigenvalue weighted by Crippen LogP contribution is 2.66. The van der Waals surface area contributed by atoms with Crippen LogP contribution in [0.4, 0.5) is 0 Å². The van der Waals surface area contributed by atoms with Gasteiger partial charge in [-0.05, 0) is 80.8 Å². The minimum absolute atomic E-state index is 0.0350. The van der Waals surface area contributed by atoms with E-state index in [1.807, 2.05) is 18.2 Å². The van der Waals surface area contributed by atoms with Crippen molar-refractivity contribution in [3.63, 3.8) is 0 Å². The Labute approximate surface area is 182 Å². The summed E-state index contributed by atoms with van der Waals surface area (Å²) in [5, 5.41) is 5.64. The molecule has 6 rings (SSSR count). The molecule has 29 heavy (non-hydrogen) atoms. The van der Waals surface area contributed by atoms with Crippen molar-refractivity contribution in [1.29, 1.82) is 0 Å². The molecule has 3 unspecified atom stereocenters. The maximum Gasteiger partial charge on any atom is 0.145 e. The number of ether oxygens (including phenoxy) is 1. The molecule has 3 bridgehead atoms. The molecule has 4 fully saturated rings. The van der Waals surface area contributed by atoms with Crippen molar-refractivity contribution in [2.45, 2.75) is 76.4 Å². The fraction of sp³-hybridized carbons (Fsp3) is 0.625. The highest BCUT2D eigenvalue weighted by Gasteiger charge is 2.60. The van der Waals surface area contributed by atoms with Crippen molar-refractivity contribution in [3.8, 4) is 11.3 Å². The minimum atomic E-state index is 0.0350. The van der Waals surface area contributed by atoms with Gasteiger partial charge in [0.15, 0.2) is 0 Å². The van der Waals surface area contributed by atoms with Crippen LogP contribution >= 0.6 is 23.2 Å². The number of benzene rings is 1. The van der Waals surface area contributed by atoms with E-state index in [0.29, 0.717) is 28.0 Å². The van der Waals surface area contributed by atoms with Crippen LogP contribution in [-0.4, -0.2) is 10.8 Å². The summed E-state index contributed by atoms with van der Waals surface area (Å²) in [4.78, 5) is 0. The third kappa shape index (κ3) is 2.91. The monoisotopic (exact) mass is 431 g/mol. The first kappa shape index (κ1) is 18.7. The lowest BCUT2D eigenvalue weighted by Crippen LogP contribution is -2.36. The van der Waals surface area contributed by atoms with Gasteiger partial charge in [-0.25, -0.2) is 0 Å². The largest absolute Gasteiger partial charge is 0.370 e. The van der Waals surface area contributed by atoms with E-state index in [-0.39, 0.29) is 5.60 Å². The van der Waals surface area contributed by atoms with Gasteiger partial charge in [-0.3, -0.25) is 0 Å². The van der Waals surface area contributed by atoms with Gasteiger partial charge in [-0.2, -0.15) is 0 Å². The summed E-state index contributed by atoms with van der Waals surface area (Å²) in [6.07, 6.45) is 10.1. The lowest BCUT2D eigenvalue weighted by molar-refractivity contribution is -0.0842. The molecule has 2 aromatic rings. The smallest absolute Gasteiger partial charge is 0.145 e. The standard InChI is InChI=1S/C24H27Cl2NO2/c1-14-9-15-10-23(14)7-8-24(11-15,13-23)28-12-17-21(27-29-22(17)16-5-6-16)20-18(25)3-2-4-19(20)26/h2-4,14-16H,5-13H2,1H3/t14-,15?,23?,24?/m1/s1. The van der Waals surface area contributed by atoms with E-state index >= 15 is 0 Å². The summed E-state index contributed by atoms with van der Waals surface area (Å²) in [5.41, 5.74) is 3.16. The molecular formula is C24H27Cl2NO2. The molecule has 4 aliphatic rings. The fourth-order valence-electron chi connectivity index (χ4n) is 6.81. The van der Waals surface area contributed by atoms with Gasteiger partial charge in [0.25, 0.3) is 0 Å². The van der Waals surface area contributed by atoms with E-state index in [4.69, 9.17) is 32.5 Å². The lowest BCUT2D eigenvalue weighted by atomic mass is 9.72. The maximum atomic E-state index is 6.80. The average molecular weight is 432 g/mol. The zero-order valence-corrected chi connectivity index (χ0v) is 18.4. The van der Waals surface area contributed by atoms with Crippen LogP contribution in [0.3, 0.4) is 0 Å². The van der Waals surface area contributed by atoms with Crippen LogP contribution in [0.25, 0.3) is 11.3 Å². The summed E-state index contributed by atoms with van der Waals surface area (Å²) in [6.45, 7) is 3.01. The molecule has 4 aliphatic carbocycles. The quantitative estimate of drug-likeness (QED) is 0.494. The number of hydrogen-bond donors (Lipinski definition) is 0. The molecule has 154 valence electrons. The molecule has 4 saturated carbocycles. The third-order valence-electron chi connectivity index (χ3n) is 8.33. The van der Waals surface area contributed by atoms with Gasteiger partial charge in [0.05, 0.1) is 22.3 Å². The third-order valence-corrected chi connectivity index (χ3v) is 8.96. The van der Waals surface area contributed by atoms with Gasteiger partial charge in [-0.15, -0.1) is 0 Å². The molecule has 1 heterocycles. The SMILES string of the molecule is C[C@@H]1CC2CC3(OCc4c(-c5c(Cl)cccc5Cl)noc4C4CC4)CCC1(C2)C3. The highest BCUT2D eigenvalue weighted by atomic mass is 35.5. The summed E-state index contributed by atoms with van der Waals surface area (Å²) < 4.78 is 12.6. The van der Waals surface area contributed by atoms with E-state index in [9.17, 15) is 0 Å². The molecule has 4 atom stereocenters. The summed E-state index contributed by atoms with van der Waals surface area (Å²) >= 11 is 13.0. The zero-order chi connectivity index (χ0) is 19.8. The number of rotatable bonds is 5. The van der Waals surface area contributed by atoms with Gasteiger partial charge < -0.3 is 9.26 Å². The van der Waals surface area contributed by atoms with Crippen molar-refractivity contribution in [1.82, 2.24) is 5.16 Å². The van der Waals surface area contributed by atoms with E-state index < -0.39 is 0 Å². The molecule has 3 nitrogen and oxygen atoms in total. The maximum absolute atomic E-state index is 6.80. The second-order valence-electron chi connectivity index (χ2n) is 10.2. The van der Waals surface area contributed by atoms with Gasteiger partial charge in [0, 0.05) is 17.0 Å². The number of nitrogens with zero attached hydrogens (tertiary/aromatic N) is 1. The Bertz CT molecular complexity index is 948. The first-order valence-corrected chi connectivity index (χ1v) is 11.8. The van der Waals surface area contributed by atoms with Crippen molar-refractivity contribution in [2.24, 2.45) is 17.3 Å². The van der Waals surface area contributed by atoms with Crippen LogP contribution in [0.1, 0.15) is 75.5 Å². The fourth-order valence-corrected chi connectivity index (χ4v) is 7.39. The van der Waals surface area contributed by atoms with Gasteiger partial charge in [0.1, 0.15) is 11.5 Å². The normalized spacial score (nSPS) is 35.4. The Morgan fingerprint density at radius 1 is 1.17 bits per heavy atom. The van der Waals surface area contributed by atoms with Crippen LogP contribution in [0.2, 0.25) is 10.0 Å². The first-order valence-electron chi connectivity index (χ1n) is 11.1. The predicted molar refractivity (Wildman–Crippen MR) is 114 cm³/mol. The summed E-state index contributed by atoms with van der Waals surface area (Å²) in [5.74, 6) is 3.12. The second kappa shape index (κ2) is 6.48. The Morgan fingerprint density at radius 2 is 1.97 bits per heavy atom. The molecular weight excluding hydrogens is 405 g/mol. The molecule has 0 N–H and O–H groups in total. The van der Waals surface area contributed by atoms with Crippen LogP contribution in [0.5, 0.6) is 0 Å². The Kier molecular flexibility index (Phi) is 4.18. The number of fused-ring (bicyclic) bond motifs is 2. The van der Waals surface area contributed by atoms with Crippen molar-refractivity contribution < 1.29 is 9.26 Å². The average Bonchev–Trinajstić information content (AvgIpc) is 3.32. The predicted octanol–water partition coefficient (Wildman–Crippen LogP) is 7.40. The van der Waals surface area contributed by atoms with Crippen molar-refractivity contribution >= 4 is 23.2 Å². The lowest BCUT2D eigenvalue weighted by Gasteiger charge is -2.39. The van der Waals surface area contributed by atoms with E-state index in [1.54, 1.807) is 0 Å². The highest BCUT2D eigenvalue weighted by molar-refractivity contribution is 6.39. The van der Waals surface area contributed by atoms with Crippen LogP contribution < -0.4 is 0 Å². The van der Waals surface area contributed by atoms with Gasteiger partial charge in [-0.1, -0.05) is 41.3 Å². The molecule has 1 spiro atoms. The number of aromatic nitrogens is 1. The van der Waals surface area contributed by atoms with Crippen molar-refractivity contribution in [2.75, 3.05) is 0 Å². The van der Waals surface area contributed by atoms with Gasteiger partial charge >= 0.3 is 0 Å². The van der Waals surface area contributed by atoms with Crippen LogP contribution in [0.15, 0.2) is 22.7 Å². The van der Waals surface area contributed by atoms with Crippen molar-refractivity contribution in [3.05, 3.63) is 39.6 Å². The number of halogens is 2. The second-order valence-corrected chi connectivity index (χ2v) is 11.0. The number of hydrogen-bond acceptors (Lipinski definition) is 3. The Hall–Kier alpha value is -1.03. The molecule has 1 aromatic heterocycles. The topological polar surface area (TPSA) is 35.3 Å².